The number of aryl methyl sites for hydroxylation is 1. The minimum atomic E-state index is -0.916. The summed E-state index contributed by atoms with van der Waals surface area (Å²) in [6, 6.07) is 12.9. The molecule has 0 radical (unpaired) electrons. The first-order chi connectivity index (χ1) is 9.13. The first-order valence-corrected chi connectivity index (χ1v) is 6.59. The van der Waals surface area contributed by atoms with Gasteiger partial charge in [-0.3, -0.25) is 0 Å². The number of benzene rings is 2. The molecule has 0 aliphatic carbocycles. The van der Waals surface area contributed by atoms with Crippen molar-refractivity contribution in [2.75, 3.05) is 7.11 Å². The van der Waals surface area contributed by atoms with Crippen molar-refractivity contribution in [2.24, 2.45) is 0 Å². The predicted octanol–water partition coefficient (Wildman–Crippen LogP) is 3.85. The summed E-state index contributed by atoms with van der Waals surface area (Å²) in [5, 5.41) is 9.25. The van der Waals surface area contributed by atoms with Gasteiger partial charge in [0, 0.05) is 4.90 Å². The van der Waals surface area contributed by atoms with E-state index in [1.165, 1.54) is 11.8 Å². The molecular weight excluding hydrogens is 260 g/mol. The van der Waals surface area contributed by atoms with E-state index in [9.17, 15) is 9.90 Å². The van der Waals surface area contributed by atoms with Gasteiger partial charge >= 0.3 is 5.97 Å². The largest absolute Gasteiger partial charge is 0.496 e. The highest BCUT2D eigenvalue weighted by atomic mass is 32.2. The number of hydrogen-bond acceptors (Lipinski definition) is 3. The molecule has 0 unspecified atom stereocenters. The Hall–Kier alpha value is -1.94. The predicted molar refractivity (Wildman–Crippen MR) is 75.3 cm³/mol. The zero-order chi connectivity index (χ0) is 13.8. The number of ether oxygens (including phenoxy) is 1. The maximum Gasteiger partial charge on any atom is 0.336 e. The van der Waals surface area contributed by atoms with Gasteiger partial charge in [-0.05, 0) is 30.7 Å². The molecule has 3 nitrogen and oxygen atoms in total. The highest BCUT2D eigenvalue weighted by Gasteiger charge is 2.14. The lowest BCUT2D eigenvalue weighted by Crippen LogP contribution is -2.00. The van der Waals surface area contributed by atoms with E-state index in [1.54, 1.807) is 19.2 Å². The fourth-order valence-electron chi connectivity index (χ4n) is 1.77. The topological polar surface area (TPSA) is 46.5 Å². The summed E-state index contributed by atoms with van der Waals surface area (Å²) in [6.07, 6.45) is 0. The lowest BCUT2D eigenvalue weighted by atomic mass is 10.1. The Balaban J connectivity index is 2.46. The molecule has 0 atom stereocenters. The molecule has 2 rings (SSSR count). The maximum atomic E-state index is 11.3. The van der Waals surface area contributed by atoms with Crippen molar-refractivity contribution >= 4 is 17.7 Å². The van der Waals surface area contributed by atoms with Crippen LogP contribution in [0.15, 0.2) is 52.3 Å². The van der Waals surface area contributed by atoms with Gasteiger partial charge in [-0.2, -0.15) is 0 Å². The number of rotatable bonds is 4. The Morgan fingerprint density at radius 3 is 2.58 bits per heavy atom. The fraction of sp³-hybridized carbons (Fsp3) is 0.133. The third kappa shape index (κ3) is 2.90. The summed E-state index contributed by atoms with van der Waals surface area (Å²) in [5.41, 5.74) is 1.26. The van der Waals surface area contributed by atoms with Gasteiger partial charge in [0.05, 0.1) is 17.6 Å². The maximum absolute atomic E-state index is 11.3. The van der Waals surface area contributed by atoms with Crippen LogP contribution in [0.4, 0.5) is 0 Å². The van der Waals surface area contributed by atoms with Crippen LogP contribution in [0.3, 0.4) is 0 Å². The quantitative estimate of drug-likeness (QED) is 0.919. The molecule has 0 bridgehead atoms. The van der Waals surface area contributed by atoms with Gasteiger partial charge in [0.1, 0.15) is 5.75 Å². The molecule has 0 heterocycles. The summed E-state index contributed by atoms with van der Waals surface area (Å²) in [7, 11) is 1.61. The van der Waals surface area contributed by atoms with Crippen LogP contribution in [0.25, 0.3) is 0 Å². The highest BCUT2D eigenvalue weighted by molar-refractivity contribution is 7.99. The summed E-state index contributed by atoms with van der Waals surface area (Å²) >= 11 is 1.41. The molecule has 0 aliphatic rings. The SMILES string of the molecule is COc1ccccc1Sc1c(C)cccc1C(=O)O. The molecule has 2 aromatic carbocycles. The number of carboxylic acid groups (broad SMARTS) is 1. The van der Waals surface area contributed by atoms with E-state index in [-0.39, 0.29) is 0 Å². The molecule has 0 amide bonds. The molecule has 2 aromatic rings. The van der Waals surface area contributed by atoms with Gasteiger partial charge in [-0.1, -0.05) is 36.0 Å². The van der Waals surface area contributed by atoms with Crippen molar-refractivity contribution in [3.63, 3.8) is 0 Å². The Morgan fingerprint density at radius 2 is 1.89 bits per heavy atom. The standard InChI is InChI=1S/C15H14O3S/c1-10-6-5-7-11(15(16)17)14(10)19-13-9-4-3-8-12(13)18-2/h3-9H,1-2H3,(H,16,17). The third-order valence-electron chi connectivity index (χ3n) is 2.72. The molecule has 4 heteroatoms. The summed E-state index contributed by atoms with van der Waals surface area (Å²) in [4.78, 5) is 12.9. The molecular formula is C15H14O3S. The van der Waals surface area contributed by atoms with Crippen molar-refractivity contribution in [1.82, 2.24) is 0 Å². The monoisotopic (exact) mass is 274 g/mol. The second kappa shape index (κ2) is 5.80. The molecule has 0 saturated heterocycles. The van der Waals surface area contributed by atoms with Crippen LogP contribution in [0.1, 0.15) is 15.9 Å². The highest BCUT2D eigenvalue weighted by Crippen LogP contribution is 2.38. The number of methoxy groups -OCH3 is 1. The molecule has 19 heavy (non-hydrogen) atoms. The Bertz CT molecular complexity index is 608. The van der Waals surface area contributed by atoms with Crippen LogP contribution in [0.2, 0.25) is 0 Å². The van der Waals surface area contributed by atoms with Gasteiger partial charge in [-0.15, -0.1) is 0 Å². The smallest absolute Gasteiger partial charge is 0.336 e. The minimum Gasteiger partial charge on any atom is -0.496 e. The van der Waals surface area contributed by atoms with Crippen LogP contribution in [-0.4, -0.2) is 18.2 Å². The van der Waals surface area contributed by atoms with Crippen molar-refractivity contribution in [2.45, 2.75) is 16.7 Å². The average molecular weight is 274 g/mol. The summed E-state index contributed by atoms with van der Waals surface area (Å²) < 4.78 is 5.29. The molecule has 0 aliphatic heterocycles. The Labute approximate surface area is 116 Å². The fourth-order valence-corrected chi connectivity index (χ4v) is 2.88. The number of aromatic carboxylic acids is 1. The van der Waals surface area contributed by atoms with Gasteiger partial charge in [-0.25, -0.2) is 4.79 Å². The Morgan fingerprint density at radius 1 is 1.16 bits per heavy atom. The lowest BCUT2D eigenvalue weighted by Gasteiger charge is -2.11. The van der Waals surface area contributed by atoms with E-state index in [2.05, 4.69) is 0 Å². The van der Waals surface area contributed by atoms with Gasteiger partial charge in [0.25, 0.3) is 0 Å². The summed E-state index contributed by atoms with van der Waals surface area (Å²) in [6.45, 7) is 1.91. The van der Waals surface area contributed by atoms with E-state index in [4.69, 9.17) is 4.74 Å². The van der Waals surface area contributed by atoms with Crippen molar-refractivity contribution in [3.05, 3.63) is 53.6 Å². The van der Waals surface area contributed by atoms with Gasteiger partial charge in [0.15, 0.2) is 0 Å². The Kier molecular flexibility index (Phi) is 4.12. The zero-order valence-electron chi connectivity index (χ0n) is 10.7. The number of carbonyl (C=O) groups is 1. The van der Waals surface area contributed by atoms with Crippen molar-refractivity contribution in [1.29, 1.82) is 0 Å². The van der Waals surface area contributed by atoms with E-state index >= 15 is 0 Å². The van der Waals surface area contributed by atoms with Gasteiger partial charge < -0.3 is 9.84 Å². The third-order valence-corrected chi connectivity index (χ3v) is 4.03. The van der Waals surface area contributed by atoms with Crippen LogP contribution in [0.5, 0.6) is 5.75 Å². The second-order valence-electron chi connectivity index (χ2n) is 4.01. The first kappa shape index (κ1) is 13.5. The van der Waals surface area contributed by atoms with Crippen molar-refractivity contribution in [3.8, 4) is 5.75 Å². The van der Waals surface area contributed by atoms with Crippen molar-refractivity contribution < 1.29 is 14.6 Å². The van der Waals surface area contributed by atoms with Crippen LogP contribution in [-0.2, 0) is 0 Å². The minimum absolute atomic E-state index is 0.316. The molecule has 1 N–H and O–H groups in total. The summed E-state index contributed by atoms with van der Waals surface area (Å²) in [5.74, 6) is -0.173. The average Bonchev–Trinajstić information content (AvgIpc) is 2.41. The first-order valence-electron chi connectivity index (χ1n) is 5.77. The number of hydrogen-bond donors (Lipinski definition) is 1. The van der Waals surface area contributed by atoms with Crippen LogP contribution < -0.4 is 4.74 Å². The molecule has 98 valence electrons. The van der Waals surface area contributed by atoms with Crippen LogP contribution >= 0.6 is 11.8 Å². The van der Waals surface area contributed by atoms with E-state index in [0.717, 1.165) is 21.1 Å². The van der Waals surface area contributed by atoms with E-state index < -0.39 is 5.97 Å². The van der Waals surface area contributed by atoms with Crippen LogP contribution in [0, 0.1) is 6.92 Å². The number of para-hydroxylation sites is 1. The molecule has 0 saturated carbocycles. The van der Waals surface area contributed by atoms with Gasteiger partial charge in [0.2, 0.25) is 0 Å². The second-order valence-corrected chi connectivity index (χ2v) is 5.06. The normalized spacial score (nSPS) is 10.2. The molecule has 0 spiro atoms. The number of carboxylic acids is 1. The lowest BCUT2D eigenvalue weighted by molar-refractivity contribution is 0.0693. The zero-order valence-corrected chi connectivity index (χ0v) is 11.5. The molecule has 0 aromatic heterocycles. The van der Waals surface area contributed by atoms with E-state index in [0.29, 0.717) is 5.56 Å². The molecule has 0 fully saturated rings. The van der Waals surface area contributed by atoms with E-state index in [1.807, 2.05) is 37.3 Å².